The van der Waals surface area contributed by atoms with Crippen molar-refractivity contribution in [1.82, 2.24) is 5.32 Å². The number of hydrogen-bond donors (Lipinski definition) is 2. The Morgan fingerprint density at radius 3 is 2.54 bits per heavy atom. The highest BCUT2D eigenvalue weighted by Gasteiger charge is 2.08. The van der Waals surface area contributed by atoms with E-state index in [-0.39, 0.29) is 6.03 Å². The zero-order valence-corrected chi connectivity index (χ0v) is 15.3. The molecule has 2 rings (SSSR count). The molecule has 130 valence electrons. The second kappa shape index (κ2) is 9.22. The smallest absolute Gasteiger partial charge is 0.321 e. The number of nitrogens with one attached hydrogen (secondary N) is 2. The first-order chi connectivity index (χ1) is 11.6. The summed E-state index contributed by atoms with van der Waals surface area (Å²) in [6.07, 6.45) is 0.682. The molecule has 0 radical (unpaired) electrons. The summed E-state index contributed by atoms with van der Waals surface area (Å²) in [6, 6.07) is 8.88. The van der Waals surface area contributed by atoms with Gasteiger partial charge in [-0.05, 0) is 60.0 Å². The van der Waals surface area contributed by atoms with E-state index >= 15 is 0 Å². The number of rotatable bonds is 8. The van der Waals surface area contributed by atoms with Gasteiger partial charge in [0.05, 0.1) is 13.2 Å². The van der Waals surface area contributed by atoms with Gasteiger partial charge in [0.15, 0.2) is 16.2 Å². The van der Waals surface area contributed by atoms with Crippen molar-refractivity contribution in [2.75, 3.05) is 25.1 Å². The van der Waals surface area contributed by atoms with Crippen molar-refractivity contribution in [2.24, 2.45) is 0 Å². The summed E-state index contributed by atoms with van der Waals surface area (Å²) in [5, 5.41) is 5.40. The van der Waals surface area contributed by atoms with Crippen LogP contribution in [0.2, 0.25) is 0 Å². The van der Waals surface area contributed by atoms with E-state index in [1.54, 1.807) is 12.1 Å². The highest BCUT2D eigenvalue weighted by atomic mass is 79.9. The second-order valence-electron chi connectivity index (χ2n) is 4.88. The number of furan rings is 1. The van der Waals surface area contributed by atoms with E-state index in [1.807, 2.05) is 32.0 Å². The largest absolute Gasteiger partial charge is 0.490 e. The fourth-order valence-electron chi connectivity index (χ4n) is 2.11. The van der Waals surface area contributed by atoms with Gasteiger partial charge in [0.1, 0.15) is 0 Å². The Hall–Kier alpha value is -2.15. The van der Waals surface area contributed by atoms with Gasteiger partial charge >= 0.3 is 6.03 Å². The first-order valence-electron chi connectivity index (χ1n) is 7.81. The first-order valence-corrected chi connectivity index (χ1v) is 8.60. The van der Waals surface area contributed by atoms with Crippen LogP contribution in [0.15, 0.2) is 39.4 Å². The molecule has 0 aliphatic heterocycles. The Labute approximate surface area is 149 Å². The molecule has 0 aliphatic carbocycles. The number of amides is 2. The van der Waals surface area contributed by atoms with Crippen molar-refractivity contribution in [2.45, 2.75) is 20.3 Å². The minimum atomic E-state index is -0.312. The number of anilines is 1. The van der Waals surface area contributed by atoms with Crippen LogP contribution in [0.1, 0.15) is 19.4 Å². The van der Waals surface area contributed by atoms with Crippen LogP contribution in [0.3, 0.4) is 0 Å². The van der Waals surface area contributed by atoms with Crippen molar-refractivity contribution in [3.8, 4) is 11.5 Å². The van der Waals surface area contributed by atoms with Crippen LogP contribution in [0, 0.1) is 0 Å². The Kier molecular flexibility index (Phi) is 6.99. The highest BCUT2D eigenvalue weighted by Crippen LogP contribution is 2.28. The highest BCUT2D eigenvalue weighted by molar-refractivity contribution is 9.10. The molecule has 2 amide bonds. The van der Waals surface area contributed by atoms with Gasteiger partial charge in [-0.25, -0.2) is 4.79 Å². The van der Waals surface area contributed by atoms with E-state index in [4.69, 9.17) is 13.9 Å². The lowest BCUT2D eigenvalue weighted by Crippen LogP contribution is -2.30. The molecule has 0 bridgehead atoms. The Morgan fingerprint density at radius 1 is 1.12 bits per heavy atom. The molecule has 2 aromatic rings. The van der Waals surface area contributed by atoms with Crippen molar-refractivity contribution >= 4 is 27.8 Å². The summed E-state index contributed by atoms with van der Waals surface area (Å²) >= 11 is 3.18. The van der Waals surface area contributed by atoms with E-state index in [9.17, 15) is 4.79 Å². The molecule has 0 atom stereocenters. The molecule has 0 saturated carbocycles. The average Bonchev–Trinajstić information content (AvgIpc) is 2.95. The average molecular weight is 397 g/mol. The number of ether oxygens (including phenoxy) is 2. The first kappa shape index (κ1) is 18.2. The molecule has 6 nitrogen and oxygen atoms in total. The molecule has 24 heavy (non-hydrogen) atoms. The summed E-state index contributed by atoms with van der Waals surface area (Å²) in [5.41, 5.74) is 1.06. The number of benzene rings is 1. The van der Waals surface area contributed by atoms with Gasteiger partial charge in [-0.15, -0.1) is 0 Å². The predicted octanol–water partition coefficient (Wildman–Crippen LogP) is 4.20. The molecule has 0 unspecified atom stereocenters. The third-order valence-corrected chi connectivity index (χ3v) is 3.54. The zero-order valence-electron chi connectivity index (χ0n) is 13.7. The van der Waals surface area contributed by atoms with Crippen molar-refractivity contribution in [1.29, 1.82) is 0 Å². The summed E-state index contributed by atoms with van der Waals surface area (Å²) in [6.45, 7) is 5.52. The van der Waals surface area contributed by atoms with Crippen LogP contribution in [0.5, 0.6) is 11.5 Å². The lowest BCUT2D eigenvalue weighted by atomic mass is 10.1. The van der Waals surface area contributed by atoms with Crippen LogP contribution in [-0.2, 0) is 6.42 Å². The van der Waals surface area contributed by atoms with Gasteiger partial charge in [0.2, 0.25) is 5.88 Å². The van der Waals surface area contributed by atoms with E-state index in [0.29, 0.717) is 36.7 Å². The topological polar surface area (TPSA) is 72.7 Å². The van der Waals surface area contributed by atoms with Crippen molar-refractivity contribution in [3.63, 3.8) is 0 Å². The Morgan fingerprint density at radius 2 is 1.88 bits per heavy atom. The molecule has 0 spiro atoms. The monoisotopic (exact) mass is 396 g/mol. The number of carbonyl (C=O) groups excluding carboxylic acids is 1. The summed E-state index contributed by atoms with van der Waals surface area (Å²) in [4.78, 5) is 11.8. The van der Waals surface area contributed by atoms with Crippen LogP contribution in [0.25, 0.3) is 0 Å². The fourth-order valence-corrected chi connectivity index (χ4v) is 2.42. The zero-order chi connectivity index (χ0) is 17.4. The van der Waals surface area contributed by atoms with E-state index < -0.39 is 0 Å². The predicted molar refractivity (Wildman–Crippen MR) is 95.9 cm³/mol. The quantitative estimate of drug-likeness (QED) is 0.700. The fraction of sp³-hybridized carbons (Fsp3) is 0.353. The second-order valence-corrected chi connectivity index (χ2v) is 5.66. The van der Waals surface area contributed by atoms with E-state index in [0.717, 1.165) is 17.1 Å². The van der Waals surface area contributed by atoms with Crippen LogP contribution in [0.4, 0.5) is 10.7 Å². The van der Waals surface area contributed by atoms with Crippen LogP contribution in [-0.4, -0.2) is 25.8 Å². The molecule has 2 N–H and O–H groups in total. The van der Waals surface area contributed by atoms with Crippen molar-refractivity contribution in [3.05, 3.63) is 40.6 Å². The number of hydrogen-bond acceptors (Lipinski definition) is 4. The van der Waals surface area contributed by atoms with E-state index in [1.165, 1.54) is 0 Å². The van der Waals surface area contributed by atoms with Crippen LogP contribution >= 0.6 is 15.9 Å². The number of halogens is 1. The minimum Gasteiger partial charge on any atom is -0.490 e. The van der Waals surface area contributed by atoms with Crippen molar-refractivity contribution < 1.29 is 18.7 Å². The Bertz CT molecular complexity index is 672. The van der Waals surface area contributed by atoms with Gasteiger partial charge in [-0.3, -0.25) is 5.32 Å². The number of carbonyl (C=O) groups is 1. The standard InChI is InChI=1S/C17H21BrN2O4/c1-3-22-13-6-5-12(11-14(13)23-4-2)9-10-19-17(21)20-16-8-7-15(18)24-16/h5-8,11H,3-4,9-10H2,1-2H3,(H2,19,20,21). The molecular formula is C17H21BrN2O4. The summed E-state index contributed by atoms with van der Waals surface area (Å²) < 4.78 is 16.9. The molecule has 1 aromatic carbocycles. The molecule has 1 aromatic heterocycles. The molecule has 0 aliphatic rings. The summed E-state index contributed by atoms with van der Waals surface area (Å²) in [5.74, 6) is 1.85. The maximum Gasteiger partial charge on any atom is 0.321 e. The molecule has 0 fully saturated rings. The van der Waals surface area contributed by atoms with Gasteiger partial charge in [0, 0.05) is 12.6 Å². The molecule has 1 heterocycles. The van der Waals surface area contributed by atoms with E-state index in [2.05, 4.69) is 26.6 Å². The number of urea groups is 1. The Balaban J connectivity index is 1.84. The molecule has 7 heteroatoms. The summed E-state index contributed by atoms with van der Waals surface area (Å²) in [7, 11) is 0. The maximum atomic E-state index is 11.8. The van der Waals surface area contributed by atoms with Gasteiger partial charge in [0.25, 0.3) is 0 Å². The molecule has 0 saturated heterocycles. The minimum absolute atomic E-state index is 0.312. The van der Waals surface area contributed by atoms with Gasteiger partial charge < -0.3 is 19.2 Å². The lowest BCUT2D eigenvalue weighted by molar-refractivity contribution is 0.251. The van der Waals surface area contributed by atoms with Gasteiger partial charge in [-0.2, -0.15) is 0 Å². The lowest BCUT2D eigenvalue weighted by Gasteiger charge is -2.12. The SMILES string of the molecule is CCOc1ccc(CCNC(=O)Nc2ccc(Br)o2)cc1OCC. The molecular weight excluding hydrogens is 376 g/mol. The van der Waals surface area contributed by atoms with Crippen LogP contribution < -0.4 is 20.1 Å². The van der Waals surface area contributed by atoms with Gasteiger partial charge in [-0.1, -0.05) is 6.07 Å². The third-order valence-electron chi connectivity index (χ3n) is 3.12. The normalized spacial score (nSPS) is 10.3. The maximum absolute atomic E-state index is 11.8. The third kappa shape index (κ3) is 5.49.